The van der Waals surface area contributed by atoms with Crippen LogP contribution in [0.15, 0.2) is 11.4 Å². The van der Waals surface area contributed by atoms with E-state index in [1.165, 1.54) is 4.88 Å². The number of aliphatic hydroxyl groups is 1. The van der Waals surface area contributed by atoms with E-state index in [-0.39, 0.29) is 6.61 Å². The van der Waals surface area contributed by atoms with Gasteiger partial charge in [-0.2, -0.15) is 0 Å². The van der Waals surface area contributed by atoms with E-state index in [1.54, 1.807) is 11.3 Å². The summed E-state index contributed by atoms with van der Waals surface area (Å²) in [5.74, 6) is 5.84. The van der Waals surface area contributed by atoms with E-state index in [0.29, 0.717) is 6.42 Å². The van der Waals surface area contributed by atoms with Crippen molar-refractivity contribution >= 4 is 11.3 Å². The van der Waals surface area contributed by atoms with Gasteiger partial charge in [0.1, 0.15) is 0 Å². The zero-order chi connectivity index (χ0) is 8.10. The molecule has 1 aromatic heterocycles. The fourth-order valence-corrected chi connectivity index (χ4v) is 1.36. The Balaban J connectivity index is 2.59. The summed E-state index contributed by atoms with van der Waals surface area (Å²) < 4.78 is 0. The maximum Gasteiger partial charge on any atom is 0.0540 e. The van der Waals surface area contributed by atoms with E-state index >= 15 is 0 Å². The average molecular weight is 166 g/mol. The Bertz CT molecular complexity index is 277. The van der Waals surface area contributed by atoms with Crippen LogP contribution in [-0.2, 0) is 0 Å². The predicted molar refractivity (Wildman–Crippen MR) is 47.6 cm³/mol. The topological polar surface area (TPSA) is 20.2 Å². The molecule has 0 amide bonds. The van der Waals surface area contributed by atoms with Crippen LogP contribution in [0.2, 0.25) is 0 Å². The second-order valence-electron chi connectivity index (χ2n) is 2.22. The van der Waals surface area contributed by atoms with Crippen LogP contribution < -0.4 is 0 Å². The molecule has 0 aliphatic heterocycles. The van der Waals surface area contributed by atoms with Crippen molar-refractivity contribution in [1.29, 1.82) is 0 Å². The highest BCUT2D eigenvalue weighted by atomic mass is 32.1. The van der Waals surface area contributed by atoms with Gasteiger partial charge in [-0.1, -0.05) is 11.8 Å². The van der Waals surface area contributed by atoms with E-state index in [1.807, 2.05) is 5.38 Å². The molecule has 1 nitrogen and oxygen atoms in total. The van der Waals surface area contributed by atoms with E-state index in [9.17, 15) is 0 Å². The molecule has 1 rings (SSSR count). The van der Waals surface area contributed by atoms with Crippen molar-refractivity contribution in [3.63, 3.8) is 0 Å². The maximum absolute atomic E-state index is 8.45. The second-order valence-corrected chi connectivity index (χ2v) is 3.34. The highest BCUT2D eigenvalue weighted by Crippen LogP contribution is 2.11. The van der Waals surface area contributed by atoms with Gasteiger partial charge in [0.15, 0.2) is 0 Å². The number of aryl methyl sites for hydroxylation is 1. The minimum absolute atomic E-state index is 0.149. The van der Waals surface area contributed by atoms with Crippen LogP contribution in [0.25, 0.3) is 0 Å². The van der Waals surface area contributed by atoms with Gasteiger partial charge in [0, 0.05) is 22.2 Å². The zero-order valence-corrected chi connectivity index (χ0v) is 7.24. The highest BCUT2D eigenvalue weighted by molar-refractivity contribution is 7.10. The molecule has 1 aromatic rings. The Kier molecular flexibility index (Phi) is 3.15. The minimum atomic E-state index is 0.149. The molecule has 0 radical (unpaired) electrons. The number of rotatable bonds is 1. The van der Waals surface area contributed by atoms with Gasteiger partial charge >= 0.3 is 0 Å². The van der Waals surface area contributed by atoms with Gasteiger partial charge < -0.3 is 5.11 Å². The standard InChI is InChI=1S/C9H10OS/c1-8-6-9(7-11-8)4-2-3-5-10/h6-7,10H,3,5H2,1H3. The lowest BCUT2D eigenvalue weighted by atomic mass is 10.3. The molecule has 11 heavy (non-hydrogen) atoms. The van der Waals surface area contributed by atoms with Crippen molar-refractivity contribution in [2.75, 3.05) is 6.61 Å². The summed E-state index contributed by atoms with van der Waals surface area (Å²) in [5, 5.41) is 10.5. The molecule has 0 aliphatic carbocycles. The third kappa shape index (κ3) is 2.75. The molecule has 0 bridgehead atoms. The quantitative estimate of drug-likeness (QED) is 0.631. The van der Waals surface area contributed by atoms with Crippen LogP contribution in [0.1, 0.15) is 16.9 Å². The Morgan fingerprint density at radius 1 is 1.64 bits per heavy atom. The van der Waals surface area contributed by atoms with Gasteiger partial charge in [-0.25, -0.2) is 0 Å². The maximum atomic E-state index is 8.45. The normalized spacial score (nSPS) is 8.91. The summed E-state index contributed by atoms with van der Waals surface area (Å²) in [6.45, 7) is 2.21. The first-order valence-corrected chi connectivity index (χ1v) is 4.36. The van der Waals surface area contributed by atoms with Crippen LogP contribution in [0.5, 0.6) is 0 Å². The summed E-state index contributed by atoms with van der Waals surface area (Å²) in [6.07, 6.45) is 0.564. The number of hydrogen-bond acceptors (Lipinski definition) is 2. The first-order chi connectivity index (χ1) is 5.33. The smallest absolute Gasteiger partial charge is 0.0540 e. The Labute approximate surface area is 70.7 Å². The van der Waals surface area contributed by atoms with E-state index in [4.69, 9.17) is 5.11 Å². The van der Waals surface area contributed by atoms with Gasteiger partial charge in [-0.3, -0.25) is 0 Å². The van der Waals surface area contributed by atoms with Gasteiger partial charge in [-0.15, -0.1) is 11.3 Å². The van der Waals surface area contributed by atoms with Gasteiger partial charge in [0.25, 0.3) is 0 Å². The van der Waals surface area contributed by atoms with Gasteiger partial charge in [-0.05, 0) is 13.0 Å². The molecule has 0 saturated carbocycles. The molecule has 0 aromatic carbocycles. The van der Waals surface area contributed by atoms with Crippen molar-refractivity contribution < 1.29 is 5.11 Å². The minimum Gasteiger partial charge on any atom is -0.395 e. The molecule has 2 heteroatoms. The summed E-state index contributed by atoms with van der Waals surface area (Å²) in [7, 11) is 0. The van der Waals surface area contributed by atoms with Crippen LogP contribution in [-0.4, -0.2) is 11.7 Å². The molecule has 0 aliphatic rings. The summed E-state index contributed by atoms with van der Waals surface area (Å²) in [5.41, 5.74) is 1.06. The first-order valence-electron chi connectivity index (χ1n) is 3.48. The number of hydrogen-bond donors (Lipinski definition) is 1. The fourth-order valence-electron chi connectivity index (χ4n) is 0.729. The van der Waals surface area contributed by atoms with Gasteiger partial charge in [0.2, 0.25) is 0 Å². The summed E-state index contributed by atoms with van der Waals surface area (Å²) in [6, 6.07) is 2.05. The van der Waals surface area contributed by atoms with Crippen molar-refractivity contribution in [2.45, 2.75) is 13.3 Å². The van der Waals surface area contributed by atoms with E-state index < -0.39 is 0 Å². The molecule has 58 valence electrons. The lowest BCUT2D eigenvalue weighted by Crippen LogP contribution is -1.75. The van der Waals surface area contributed by atoms with Crippen LogP contribution >= 0.6 is 11.3 Å². The van der Waals surface area contributed by atoms with E-state index in [2.05, 4.69) is 24.8 Å². The van der Waals surface area contributed by atoms with Crippen molar-refractivity contribution in [2.24, 2.45) is 0 Å². The predicted octanol–water partition coefficient (Wildman–Crippen LogP) is 1.79. The second kappa shape index (κ2) is 4.17. The van der Waals surface area contributed by atoms with E-state index in [0.717, 1.165) is 5.56 Å². The molecule has 1 heterocycles. The zero-order valence-electron chi connectivity index (χ0n) is 6.42. The molecular weight excluding hydrogens is 156 g/mol. The molecule has 1 N–H and O–H groups in total. The number of aliphatic hydroxyl groups excluding tert-OH is 1. The lowest BCUT2D eigenvalue weighted by molar-refractivity contribution is 0.305. The Hall–Kier alpha value is -0.780. The molecule has 0 atom stereocenters. The van der Waals surface area contributed by atoms with Crippen LogP contribution in [0.3, 0.4) is 0 Å². The lowest BCUT2D eigenvalue weighted by Gasteiger charge is -1.78. The Morgan fingerprint density at radius 2 is 2.45 bits per heavy atom. The van der Waals surface area contributed by atoms with Crippen LogP contribution in [0, 0.1) is 18.8 Å². The van der Waals surface area contributed by atoms with Crippen molar-refractivity contribution in [3.8, 4) is 11.8 Å². The van der Waals surface area contributed by atoms with Crippen molar-refractivity contribution in [3.05, 3.63) is 21.9 Å². The third-order valence-corrected chi connectivity index (χ3v) is 2.06. The van der Waals surface area contributed by atoms with Crippen LogP contribution in [0.4, 0.5) is 0 Å². The summed E-state index contributed by atoms with van der Waals surface area (Å²) >= 11 is 1.70. The molecule has 0 fully saturated rings. The highest BCUT2D eigenvalue weighted by Gasteiger charge is 1.88. The first kappa shape index (κ1) is 8.32. The molecule has 0 unspecified atom stereocenters. The largest absolute Gasteiger partial charge is 0.395 e. The number of thiophene rings is 1. The summed E-state index contributed by atoms with van der Waals surface area (Å²) in [4.78, 5) is 1.28. The monoisotopic (exact) mass is 166 g/mol. The Morgan fingerprint density at radius 3 is 3.00 bits per heavy atom. The average Bonchev–Trinajstić information content (AvgIpc) is 2.37. The SMILES string of the molecule is Cc1cc(C#CCCO)cs1. The molecular formula is C9H10OS. The fraction of sp³-hybridized carbons (Fsp3) is 0.333. The van der Waals surface area contributed by atoms with Gasteiger partial charge in [0.05, 0.1) is 6.61 Å². The molecule has 0 spiro atoms. The van der Waals surface area contributed by atoms with Crippen molar-refractivity contribution in [1.82, 2.24) is 0 Å². The molecule has 0 saturated heterocycles. The third-order valence-electron chi connectivity index (χ3n) is 1.20.